The predicted octanol–water partition coefficient (Wildman–Crippen LogP) is 5.14. The second-order valence-corrected chi connectivity index (χ2v) is 7.28. The highest BCUT2D eigenvalue weighted by Crippen LogP contribution is 2.52. The lowest BCUT2D eigenvalue weighted by Gasteiger charge is -2.38. The quantitative estimate of drug-likeness (QED) is 0.758. The van der Waals surface area contributed by atoms with E-state index in [1.807, 2.05) is 6.07 Å². The van der Waals surface area contributed by atoms with E-state index in [1.165, 1.54) is 16.8 Å². The van der Waals surface area contributed by atoms with Gasteiger partial charge < -0.3 is 15.0 Å². The highest BCUT2D eigenvalue weighted by molar-refractivity contribution is 5.68. The molecule has 26 heavy (non-hydrogen) atoms. The van der Waals surface area contributed by atoms with Crippen molar-refractivity contribution in [1.29, 1.82) is 0 Å². The van der Waals surface area contributed by atoms with Crippen molar-refractivity contribution in [3.63, 3.8) is 0 Å². The number of allylic oxidation sites excluding steroid dienone is 2. The molecule has 3 atom stereocenters. The molecule has 0 saturated heterocycles. The van der Waals surface area contributed by atoms with E-state index in [-0.39, 0.29) is 6.04 Å². The summed E-state index contributed by atoms with van der Waals surface area (Å²) in [6, 6.07) is 15.5. The minimum absolute atomic E-state index is 0.284. The van der Waals surface area contributed by atoms with Crippen LogP contribution in [0, 0.1) is 5.92 Å². The molecule has 0 aromatic heterocycles. The Hall–Kier alpha value is -2.68. The lowest BCUT2D eigenvalue weighted by atomic mass is 9.77. The molecule has 1 heterocycles. The van der Waals surface area contributed by atoms with Crippen LogP contribution in [0.2, 0.25) is 0 Å². The molecule has 2 aliphatic rings. The van der Waals surface area contributed by atoms with E-state index in [2.05, 4.69) is 79.4 Å². The van der Waals surface area contributed by atoms with Gasteiger partial charge in [0, 0.05) is 25.7 Å². The van der Waals surface area contributed by atoms with E-state index in [9.17, 15) is 0 Å². The van der Waals surface area contributed by atoms with Gasteiger partial charge >= 0.3 is 0 Å². The van der Waals surface area contributed by atoms with Crippen LogP contribution in [-0.4, -0.2) is 20.7 Å². The molecule has 1 aliphatic carbocycles. The van der Waals surface area contributed by atoms with E-state index in [1.54, 1.807) is 6.08 Å². The zero-order valence-corrected chi connectivity index (χ0v) is 15.5. The first-order valence-electron chi connectivity index (χ1n) is 9.26. The molecule has 0 saturated carbocycles. The van der Waals surface area contributed by atoms with E-state index < -0.39 is 0 Å². The summed E-state index contributed by atoms with van der Waals surface area (Å²) in [5.41, 5.74) is 5.02. The van der Waals surface area contributed by atoms with E-state index in [0.29, 0.717) is 18.4 Å². The van der Waals surface area contributed by atoms with Crippen molar-refractivity contribution in [2.24, 2.45) is 5.92 Å². The fourth-order valence-corrected chi connectivity index (χ4v) is 4.17. The molecule has 0 radical (unpaired) electrons. The van der Waals surface area contributed by atoms with Gasteiger partial charge in [-0.05, 0) is 41.7 Å². The van der Waals surface area contributed by atoms with Gasteiger partial charge in [-0.25, -0.2) is 0 Å². The lowest BCUT2D eigenvalue weighted by molar-refractivity contribution is 0.358. The summed E-state index contributed by atoms with van der Waals surface area (Å²) in [6.45, 7) is 4.28. The van der Waals surface area contributed by atoms with Crippen LogP contribution in [0.4, 0.5) is 11.4 Å². The van der Waals surface area contributed by atoms with Crippen LogP contribution in [0.5, 0.6) is 5.75 Å². The number of hydrogen-bond acceptors (Lipinski definition) is 3. The molecule has 3 nitrogen and oxygen atoms in total. The number of nitrogens with one attached hydrogen (secondary N) is 1. The molecule has 3 unspecified atom stereocenters. The second kappa shape index (κ2) is 6.91. The molecule has 0 amide bonds. The molecule has 2 aromatic rings. The van der Waals surface area contributed by atoms with Crippen LogP contribution < -0.4 is 15.0 Å². The van der Waals surface area contributed by atoms with Gasteiger partial charge in [0.05, 0.1) is 11.7 Å². The summed E-state index contributed by atoms with van der Waals surface area (Å²) in [4.78, 5) is 2.13. The van der Waals surface area contributed by atoms with Crippen molar-refractivity contribution >= 4 is 11.4 Å². The van der Waals surface area contributed by atoms with Crippen molar-refractivity contribution in [2.75, 3.05) is 30.9 Å². The lowest BCUT2D eigenvalue weighted by Crippen LogP contribution is -2.29. The molecule has 2 aromatic carbocycles. The third-order valence-electron chi connectivity index (χ3n) is 5.48. The summed E-state index contributed by atoms with van der Waals surface area (Å²) in [6.07, 6.45) is 7.58. The summed E-state index contributed by atoms with van der Waals surface area (Å²) < 4.78 is 5.93. The SMILES string of the molecule is C=CCOc1cccc2c1NC(c1ccc(N(C)C)cc1)C1CC=CC21. The van der Waals surface area contributed by atoms with E-state index in [0.717, 1.165) is 17.9 Å². The van der Waals surface area contributed by atoms with Gasteiger partial charge in [0.25, 0.3) is 0 Å². The van der Waals surface area contributed by atoms with Gasteiger partial charge in [0.2, 0.25) is 0 Å². The average Bonchev–Trinajstić information content (AvgIpc) is 3.16. The minimum atomic E-state index is 0.284. The number of benzene rings is 2. The standard InChI is InChI=1S/C23H26N2O/c1-4-15-26-21-10-6-9-20-18-7-5-8-19(18)22(24-23(20)21)16-11-13-17(14-12-16)25(2)3/h4-7,9-14,18-19,22,24H,1,8,15H2,2-3H3. The third kappa shape index (κ3) is 2.88. The predicted molar refractivity (Wildman–Crippen MR) is 109 cm³/mol. The molecule has 134 valence electrons. The van der Waals surface area contributed by atoms with Gasteiger partial charge in [-0.3, -0.25) is 0 Å². The van der Waals surface area contributed by atoms with Crippen LogP contribution in [0.25, 0.3) is 0 Å². The number of nitrogens with zero attached hydrogens (tertiary/aromatic N) is 1. The Balaban J connectivity index is 1.71. The first kappa shape index (κ1) is 16.8. The average molecular weight is 346 g/mol. The number of ether oxygens (including phenoxy) is 1. The Bertz CT molecular complexity index is 823. The van der Waals surface area contributed by atoms with Crippen LogP contribution in [0.15, 0.2) is 67.3 Å². The van der Waals surface area contributed by atoms with Gasteiger partial charge in [0.1, 0.15) is 12.4 Å². The Labute approximate surface area is 156 Å². The summed E-state index contributed by atoms with van der Waals surface area (Å²) in [5, 5.41) is 3.80. The maximum absolute atomic E-state index is 5.93. The molecule has 3 heteroatoms. The van der Waals surface area contributed by atoms with Gasteiger partial charge in [-0.15, -0.1) is 0 Å². The van der Waals surface area contributed by atoms with Crippen LogP contribution >= 0.6 is 0 Å². The molecule has 4 rings (SSSR count). The zero-order valence-electron chi connectivity index (χ0n) is 15.5. The molecular weight excluding hydrogens is 320 g/mol. The van der Waals surface area contributed by atoms with Crippen molar-refractivity contribution in [2.45, 2.75) is 18.4 Å². The van der Waals surface area contributed by atoms with Crippen LogP contribution in [-0.2, 0) is 0 Å². The van der Waals surface area contributed by atoms with Gasteiger partial charge in [-0.2, -0.15) is 0 Å². The summed E-state index contributed by atoms with van der Waals surface area (Å²) in [5.74, 6) is 1.90. The van der Waals surface area contributed by atoms with E-state index >= 15 is 0 Å². The maximum atomic E-state index is 5.93. The largest absolute Gasteiger partial charge is 0.487 e. The Morgan fingerprint density at radius 3 is 2.73 bits per heavy atom. The molecule has 1 N–H and O–H groups in total. The number of para-hydroxylation sites is 1. The van der Waals surface area contributed by atoms with Crippen LogP contribution in [0.1, 0.15) is 29.5 Å². The molecule has 0 spiro atoms. The molecule has 0 bridgehead atoms. The Morgan fingerprint density at radius 1 is 1.19 bits per heavy atom. The number of anilines is 2. The topological polar surface area (TPSA) is 24.5 Å². The van der Waals surface area contributed by atoms with E-state index in [4.69, 9.17) is 4.74 Å². The first-order chi connectivity index (χ1) is 12.7. The normalized spacial score (nSPS) is 22.9. The highest BCUT2D eigenvalue weighted by atomic mass is 16.5. The second-order valence-electron chi connectivity index (χ2n) is 7.28. The summed E-state index contributed by atoms with van der Waals surface area (Å²) >= 11 is 0. The number of fused-ring (bicyclic) bond motifs is 3. The molecule has 1 aliphatic heterocycles. The van der Waals surface area contributed by atoms with Gasteiger partial charge in [0.15, 0.2) is 0 Å². The highest BCUT2D eigenvalue weighted by Gasteiger charge is 2.38. The third-order valence-corrected chi connectivity index (χ3v) is 5.48. The number of rotatable bonds is 5. The molecular formula is C23H26N2O. The van der Waals surface area contributed by atoms with Crippen molar-refractivity contribution in [1.82, 2.24) is 0 Å². The number of hydrogen-bond donors (Lipinski definition) is 1. The Kier molecular flexibility index (Phi) is 4.46. The smallest absolute Gasteiger partial charge is 0.143 e. The van der Waals surface area contributed by atoms with Gasteiger partial charge in [-0.1, -0.05) is 49.1 Å². The maximum Gasteiger partial charge on any atom is 0.143 e. The minimum Gasteiger partial charge on any atom is -0.487 e. The zero-order chi connectivity index (χ0) is 18.1. The fourth-order valence-electron chi connectivity index (χ4n) is 4.17. The van der Waals surface area contributed by atoms with Crippen molar-refractivity contribution < 1.29 is 4.74 Å². The monoisotopic (exact) mass is 346 g/mol. The fraction of sp³-hybridized carbons (Fsp3) is 0.304. The summed E-state index contributed by atoms with van der Waals surface area (Å²) in [7, 11) is 4.15. The van der Waals surface area contributed by atoms with Crippen molar-refractivity contribution in [3.05, 3.63) is 78.4 Å². The van der Waals surface area contributed by atoms with Crippen LogP contribution in [0.3, 0.4) is 0 Å². The Morgan fingerprint density at radius 2 is 2.00 bits per heavy atom. The first-order valence-corrected chi connectivity index (χ1v) is 9.26. The molecule has 0 fully saturated rings. The van der Waals surface area contributed by atoms with Crippen molar-refractivity contribution in [3.8, 4) is 5.75 Å².